The van der Waals surface area contributed by atoms with Crippen LogP contribution in [-0.4, -0.2) is 30.8 Å². The van der Waals surface area contributed by atoms with Gasteiger partial charge in [0.05, 0.1) is 0 Å². The highest BCUT2D eigenvalue weighted by Gasteiger charge is 2.21. The van der Waals surface area contributed by atoms with Gasteiger partial charge in [0.1, 0.15) is 12.7 Å². The summed E-state index contributed by atoms with van der Waals surface area (Å²) in [4.78, 5) is 12.1. The van der Waals surface area contributed by atoms with E-state index in [1.807, 2.05) is 0 Å². The van der Waals surface area contributed by atoms with E-state index in [-0.39, 0.29) is 0 Å². The average molecular weight is 246 g/mol. The second-order valence-corrected chi connectivity index (χ2v) is 4.31. The van der Waals surface area contributed by atoms with Crippen LogP contribution in [0, 0.1) is 0 Å². The van der Waals surface area contributed by atoms with E-state index in [4.69, 9.17) is 4.74 Å². The van der Waals surface area contributed by atoms with E-state index in [9.17, 15) is 0 Å². The molecule has 0 amide bonds. The van der Waals surface area contributed by atoms with Crippen molar-refractivity contribution in [3.05, 3.63) is 24.4 Å². The fourth-order valence-electron chi connectivity index (χ4n) is 1.55. The van der Waals surface area contributed by atoms with Gasteiger partial charge in [0.15, 0.2) is 0 Å². The molecule has 7 heteroatoms. The minimum Gasteiger partial charge on any atom is -0.404 e. The third-order valence-electron chi connectivity index (χ3n) is 2.67. The second kappa shape index (κ2) is 4.69. The van der Waals surface area contributed by atoms with Crippen molar-refractivity contribution in [2.45, 2.75) is 25.4 Å². The van der Waals surface area contributed by atoms with Crippen LogP contribution < -0.4 is 10.1 Å². The first kappa shape index (κ1) is 11.1. The lowest BCUT2D eigenvalue weighted by Crippen LogP contribution is -2.16. The number of ether oxygens (including phenoxy) is 1. The normalized spacial score (nSPS) is 14.7. The maximum Gasteiger partial charge on any atom is 0.342 e. The molecule has 3 rings (SSSR count). The summed E-state index contributed by atoms with van der Waals surface area (Å²) in [7, 11) is 1.79. The highest BCUT2D eigenvalue weighted by atomic mass is 16.5. The summed E-state index contributed by atoms with van der Waals surface area (Å²) in [6.07, 6.45) is 7.27. The smallest absolute Gasteiger partial charge is 0.342 e. The van der Waals surface area contributed by atoms with Gasteiger partial charge in [0.25, 0.3) is 0 Å². The lowest BCUT2D eigenvalue weighted by Gasteiger charge is -2.07. The van der Waals surface area contributed by atoms with E-state index in [0.717, 1.165) is 5.56 Å². The number of aromatic nitrogens is 5. The molecule has 2 heterocycles. The number of hydrogen-bond donors (Lipinski definition) is 1. The molecule has 0 aromatic carbocycles. The van der Waals surface area contributed by atoms with E-state index < -0.39 is 0 Å². The van der Waals surface area contributed by atoms with Crippen molar-refractivity contribution in [2.24, 2.45) is 7.05 Å². The molecule has 1 saturated carbocycles. The third kappa shape index (κ3) is 2.62. The molecule has 0 saturated heterocycles. The molecule has 2 aromatic rings. The van der Waals surface area contributed by atoms with Crippen molar-refractivity contribution in [1.82, 2.24) is 30.0 Å². The Kier molecular flexibility index (Phi) is 2.89. The molecular formula is C11H14N6O. The molecule has 0 unspecified atom stereocenters. The zero-order valence-electron chi connectivity index (χ0n) is 10.1. The van der Waals surface area contributed by atoms with Crippen molar-refractivity contribution in [1.29, 1.82) is 0 Å². The van der Waals surface area contributed by atoms with E-state index in [1.54, 1.807) is 24.3 Å². The number of hydrogen-bond acceptors (Lipinski definition) is 6. The summed E-state index contributed by atoms with van der Waals surface area (Å²) in [6, 6.07) is 0.926. The molecule has 1 N–H and O–H groups in total. The Labute approximate surface area is 104 Å². The topological polar surface area (TPSA) is 77.8 Å². The molecule has 7 nitrogen and oxygen atoms in total. The molecule has 0 spiro atoms. The average Bonchev–Trinajstić information content (AvgIpc) is 3.12. The fourth-order valence-corrected chi connectivity index (χ4v) is 1.55. The maximum atomic E-state index is 5.55. The summed E-state index contributed by atoms with van der Waals surface area (Å²) >= 11 is 0. The van der Waals surface area contributed by atoms with E-state index in [1.165, 1.54) is 19.2 Å². The Bertz CT molecular complexity index is 536. The summed E-state index contributed by atoms with van der Waals surface area (Å²) < 4.78 is 7.13. The molecule has 0 atom stereocenters. The van der Waals surface area contributed by atoms with Crippen molar-refractivity contribution in [3.8, 4) is 11.9 Å². The number of nitrogens with one attached hydrogen (secondary N) is 1. The first-order valence-electron chi connectivity index (χ1n) is 5.87. The third-order valence-corrected chi connectivity index (χ3v) is 2.67. The zero-order valence-corrected chi connectivity index (χ0v) is 10.1. The summed E-state index contributed by atoms with van der Waals surface area (Å²) in [5.41, 5.74) is 0.914. The van der Waals surface area contributed by atoms with E-state index in [0.29, 0.717) is 24.5 Å². The number of nitrogens with zero attached hydrogens (tertiary/aromatic N) is 5. The van der Waals surface area contributed by atoms with Gasteiger partial charge in [-0.05, 0) is 12.8 Å². The van der Waals surface area contributed by atoms with E-state index >= 15 is 0 Å². The van der Waals surface area contributed by atoms with Crippen LogP contribution in [0.4, 0.5) is 0 Å². The predicted octanol–water partition coefficient (Wildman–Crippen LogP) is 0.649. The summed E-state index contributed by atoms with van der Waals surface area (Å²) in [5, 5.41) is 7.46. The van der Waals surface area contributed by atoms with Crippen LogP contribution in [0.3, 0.4) is 0 Å². The first-order chi connectivity index (χ1) is 8.81. The molecule has 2 aromatic heterocycles. The van der Waals surface area contributed by atoms with Crippen molar-refractivity contribution >= 4 is 0 Å². The quantitative estimate of drug-likeness (QED) is 0.834. The molecular weight excluding hydrogens is 232 g/mol. The Morgan fingerprint density at radius 2 is 2.33 bits per heavy atom. The molecule has 1 fully saturated rings. The number of aryl methyl sites for hydroxylation is 1. The molecule has 18 heavy (non-hydrogen) atoms. The Balaban J connectivity index is 1.73. The molecule has 94 valence electrons. The number of rotatable bonds is 5. The monoisotopic (exact) mass is 246 g/mol. The van der Waals surface area contributed by atoms with Gasteiger partial charge in [-0.15, -0.1) is 5.10 Å². The van der Waals surface area contributed by atoms with Crippen LogP contribution >= 0.6 is 0 Å². The zero-order chi connectivity index (χ0) is 12.4. The van der Waals surface area contributed by atoms with Gasteiger partial charge in [-0.2, -0.15) is 4.98 Å². The van der Waals surface area contributed by atoms with Crippen LogP contribution in [0.2, 0.25) is 0 Å². The van der Waals surface area contributed by atoms with Gasteiger partial charge in [-0.1, -0.05) is 0 Å². The SMILES string of the molecule is Cn1cnc(Oc2ncncc2CNC2CC2)n1. The first-order valence-corrected chi connectivity index (χ1v) is 5.87. The van der Waals surface area contributed by atoms with Gasteiger partial charge in [-0.3, -0.25) is 4.68 Å². The van der Waals surface area contributed by atoms with Crippen LogP contribution in [0.25, 0.3) is 0 Å². The highest BCUT2D eigenvalue weighted by molar-refractivity contribution is 5.24. The molecule has 0 bridgehead atoms. The maximum absolute atomic E-state index is 5.55. The van der Waals surface area contributed by atoms with Crippen molar-refractivity contribution in [3.63, 3.8) is 0 Å². The highest BCUT2D eigenvalue weighted by Crippen LogP contribution is 2.22. The molecule has 1 aliphatic rings. The standard InChI is InChI=1S/C11H14N6O/c1-17-7-15-11(16-17)18-10-8(4-12-6-14-10)5-13-9-2-3-9/h4,6-7,9,13H,2-3,5H2,1H3. The lowest BCUT2D eigenvalue weighted by molar-refractivity contribution is 0.413. The Hall–Kier alpha value is -2.02. The van der Waals surface area contributed by atoms with Gasteiger partial charge in [0.2, 0.25) is 5.88 Å². The lowest BCUT2D eigenvalue weighted by atomic mass is 10.3. The van der Waals surface area contributed by atoms with E-state index in [2.05, 4.69) is 25.4 Å². The van der Waals surface area contributed by atoms with Gasteiger partial charge in [-0.25, -0.2) is 9.97 Å². The van der Waals surface area contributed by atoms with Crippen LogP contribution in [-0.2, 0) is 13.6 Å². The summed E-state index contributed by atoms with van der Waals surface area (Å²) in [6.45, 7) is 0.702. The Morgan fingerprint density at radius 3 is 3.06 bits per heavy atom. The second-order valence-electron chi connectivity index (χ2n) is 4.31. The Morgan fingerprint density at radius 1 is 1.44 bits per heavy atom. The largest absolute Gasteiger partial charge is 0.404 e. The fraction of sp³-hybridized carbons (Fsp3) is 0.455. The van der Waals surface area contributed by atoms with Crippen LogP contribution in [0.1, 0.15) is 18.4 Å². The van der Waals surface area contributed by atoms with Crippen LogP contribution in [0.15, 0.2) is 18.9 Å². The van der Waals surface area contributed by atoms with Crippen molar-refractivity contribution in [2.75, 3.05) is 0 Å². The minimum atomic E-state index is 0.295. The van der Waals surface area contributed by atoms with Gasteiger partial charge in [0, 0.05) is 31.4 Å². The van der Waals surface area contributed by atoms with Gasteiger partial charge < -0.3 is 10.1 Å². The molecule has 1 aliphatic carbocycles. The summed E-state index contributed by atoms with van der Waals surface area (Å²) in [5.74, 6) is 0.504. The molecule has 0 radical (unpaired) electrons. The van der Waals surface area contributed by atoms with Crippen molar-refractivity contribution < 1.29 is 4.74 Å². The predicted molar refractivity (Wildman–Crippen MR) is 63.0 cm³/mol. The molecule has 0 aliphatic heterocycles. The minimum absolute atomic E-state index is 0.295. The van der Waals surface area contributed by atoms with Crippen LogP contribution in [0.5, 0.6) is 11.9 Å². The van der Waals surface area contributed by atoms with Gasteiger partial charge >= 0.3 is 6.01 Å².